The molecule has 0 bridgehead atoms. The highest BCUT2D eigenvalue weighted by molar-refractivity contribution is 6.30. The van der Waals surface area contributed by atoms with Crippen LogP contribution in [0.3, 0.4) is 0 Å². The van der Waals surface area contributed by atoms with Crippen molar-refractivity contribution in [2.45, 2.75) is 32.2 Å². The molecule has 0 amide bonds. The van der Waals surface area contributed by atoms with E-state index in [1.807, 2.05) is 0 Å². The van der Waals surface area contributed by atoms with Crippen LogP contribution in [0.2, 0.25) is 5.02 Å². The van der Waals surface area contributed by atoms with Crippen LogP contribution in [0.4, 0.5) is 18.0 Å². The van der Waals surface area contributed by atoms with Gasteiger partial charge in [0.2, 0.25) is 12.9 Å². The van der Waals surface area contributed by atoms with E-state index in [2.05, 4.69) is 19.0 Å². The average molecular weight is 470 g/mol. The minimum absolute atomic E-state index is 0.0887. The Morgan fingerprint density at radius 3 is 2.58 bits per heavy atom. The van der Waals surface area contributed by atoms with Crippen molar-refractivity contribution in [1.29, 1.82) is 0 Å². The van der Waals surface area contributed by atoms with Crippen LogP contribution in [0.1, 0.15) is 18.1 Å². The molecule has 0 spiro atoms. The fourth-order valence-electron chi connectivity index (χ4n) is 2.48. The maximum absolute atomic E-state index is 13.4. The predicted octanol–water partition coefficient (Wildman–Crippen LogP) is 3.61. The van der Waals surface area contributed by atoms with Gasteiger partial charge < -0.3 is 23.8 Å². The molecule has 0 aliphatic carbocycles. The summed E-state index contributed by atoms with van der Waals surface area (Å²) in [5, 5.41) is 9.24. The van der Waals surface area contributed by atoms with Crippen LogP contribution >= 0.6 is 11.6 Å². The number of carbonyl (C=O) groups is 2. The molecule has 1 heterocycles. The van der Waals surface area contributed by atoms with Crippen molar-refractivity contribution in [3.8, 4) is 5.75 Å². The van der Waals surface area contributed by atoms with E-state index in [9.17, 15) is 32.9 Å². The molecule has 31 heavy (non-hydrogen) atoms. The normalized spacial score (nSPS) is 16.2. The Morgan fingerprint density at radius 1 is 1.29 bits per heavy atom. The first-order valence-electron chi connectivity index (χ1n) is 8.41. The van der Waals surface area contributed by atoms with Gasteiger partial charge in [0.05, 0.1) is 5.57 Å². The smallest absolute Gasteiger partial charge is 0.475 e. The van der Waals surface area contributed by atoms with Crippen molar-refractivity contribution in [2.75, 3.05) is 13.4 Å². The number of ether oxygens (including phenoxy) is 4. The van der Waals surface area contributed by atoms with E-state index in [4.69, 9.17) is 16.3 Å². The third-order valence-electron chi connectivity index (χ3n) is 3.70. The van der Waals surface area contributed by atoms with Crippen molar-refractivity contribution in [3.63, 3.8) is 0 Å². The van der Waals surface area contributed by atoms with Crippen LogP contribution in [0.25, 0.3) is 6.08 Å². The summed E-state index contributed by atoms with van der Waals surface area (Å²) in [6, 6.07) is 2.72. The van der Waals surface area contributed by atoms with E-state index < -0.39 is 54.6 Å². The van der Waals surface area contributed by atoms with Crippen LogP contribution in [0.5, 0.6) is 5.75 Å². The number of nitrogens with zero attached hydrogens (tertiary/aromatic N) is 1. The summed E-state index contributed by atoms with van der Waals surface area (Å²) in [5.41, 5.74) is -0.411. The Labute approximate surface area is 177 Å². The molecule has 0 aromatic heterocycles. The highest BCUT2D eigenvalue weighted by Gasteiger charge is 2.49. The van der Waals surface area contributed by atoms with Gasteiger partial charge in [0, 0.05) is 10.6 Å². The van der Waals surface area contributed by atoms with Crippen molar-refractivity contribution < 1.29 is 51.6 Å². The number of hydrogen-bond acceptors (Lipinski definition) is 9. The molecule has 2 atom stereocenters. The van der Waals surface area contributed by atoms with Gasteiger partial charge in [0.1, 0.15) is 18.5 Å². The number of benzene rings is 1. The maximum Gasteiger partial charge on any atom is 0.511 e. The fourth-order valence-corrected chi connectivity index (χ4v) is 2.76. The second kappa shape index (κ2) is 9.73. The molecule has 0 fully saturated rings. The van der Waals surface area contributed by atoms with Crippen LogP contribution in [0, 0.1) is 17.0 Å². The number of halogens is 4. The van der Waals surface area contributed by atoms with Crippen molar-refractivity contribution >= 4 is 29.8 Å². The Kier molecular flexibility index (Phi) is 7.55. The molecule has 1 aliphatic heterocycles. The quantitative estimate of drug-likeness (QED) is 0.255. The lowest BCUT2D eigenvalue weighted by Gasteiger charge is -2.28. The molecule has 1 aromatic rings. The summed E-state index contributed by atoms with van der Waals surface area (Å²) < 4.78 is 58.6. The van der Waals surface area contributed by atoms with Gasteiger partial charge in [-0.2, -0.15) is 13.2 Å². The molecule has 170 valence electrons. The van der Waals surface area contributed by atoms with Gasteiger partial charge in [-0.25, -0.2) is 9.59 Å². The zero-order valence-corrected chi connectivity index (χ0v) is 16.7. The van der Waals surface area contributed by atoms with E-state index in [0.29, 0.717) is 5.56 Å². The van der Waals surface area contributed by atoms with E-state index in [1.165, 1.54) is 26.0 Å². The number of fused-ring (bicyclic) bond motifs is 1. The second-order valence-corrected chi connectivity index (χ2v) is 6.61. The van der Waals surface area contributed by atoms with E-state index in [1.54, 1.807) is 0 Å². The minimum Gasteiger partial charge on any atom is -0.475 e. The summed E-state index contributed by atoms with van der Waals surface area (Å²) in [7, 11) is 0. The van der Waals surface area contributed by atoms with Crippen molar-refractivity contribution in [1.82, 2.24) is 0 Å². The van der Waals surface area contributed by atoms with Crippen molar-refractivity contribution in [3.05, 3.63) is 44.0 Å². The van der Waals surface area contributed by atoms with E-state index >= 15 is 0 Å². The first kappa shape index (κ1) is 24.1. The molecule has 10 nitrogen and oxygen atoms in total. The van der Waals surface area contributed by atoms with E-state index in [-0.39, 0.29) is 16.3 Å². The molecule has 1 aliphatic rings. The lowest BCUT2D eigenvalue weighted by Crippen LogP contribution is -2.41. The average Bonchev–Trinajstić information content (AvgIpc) is 2.63. The molecular formula is C17H15ClF3NO9. The number of aryl methyl sites for hydroxylation is 1. The third-order valence-corrected chi connectivity index (χ3v) is 3.92. The molecule has 2 rings (SSSR count). The molecule has 14 heteroatoms. The summed E-state index contributed by atoms with van der Waals surface area (Å²) in [5.74, 6) is -1.54. The van der Waals surface area contributed by atoms with Crippen LogP contribution in [0.15, 0.2) is 17.7 Å². The van der Waals surface area contributed by atoms with Gasteiger partial charge >= 0.3 is 18.3 Å². The molecule has 0 N–H and O–H groups in total. The van der Waals surface area contributed by atoms with Crippen LogP contribution in [-0.2, 0) is 23.8 Å². The number of rotatable bonds is 7. The van der Waals surface area contributed by atoms with Gasteiger partial charge in [-0.05, 0) is 37.6 Å². The molecule has 0 saturated carbocycles. The first-order chi connectivity index (χ1) is 14.4. The van der Waals surface area contributed by atoms with Gasteiger partial charge in [-0.1, -0.05) is 11.6 Å². The second-order valence-electron chi connectivity index (χ2n) is 6.17. The standard InChI is InChI=1S/C17H15ClF3NO9/c1-8-3-11(18)4-10-5-12(14(17(19,20)21)30-13(8)10)15(23)28-7-29-16(24)27-6-9(2)31-22(25)26/h3-5,9,14H,6-7H2,1-2H3/t9?,14-/m0/s1. The number of hydrogen-bond donors (Lipinski definition) is 0. The molecule has 1 unspecified atom stereocenters. The Hall–Kier alpha value is -3.22. The lowest BCUT2D eigenvalue weighted by molar-refractivity contribution is -0.767. The fraction of sp³-hybridized carbons (Fsp3) is 0.412. The SMILES string of the molecule is Cc1cc(Cl)cc2c1O[C@H](C(F)(F)F)C(C(=O)OCOC(=O)OCC(C)O[N+](=O)[O-])=C2. The molecule has 0 radical (unpaired) electrons. The highest BCUT2D eigenvalue weighted by Crippen LogP contribution is 2.40. The minimum atomic E-state index is -4.94. The predicted molar refractivity (Wildman–Crippen MR) is 95.6 cm³/mol. The van der Waals surface area contributed by atoms with Crippen LogP contribution in [-0.4, -0.2) is 49.0 Å². The van der Waals surface area contributed by atoms with Gasteiger partial charge in [0.25, 0.3) is 5.09 Å². The molecule has 1 aromatic carbocycles. The van der Waals surface area contributed by atoms with Crippen molar-refractivity contribution in [2.24, 2.45) is 0 Å². The Bertz CT molecular complexity index is 904. The van der Waals surface area contributed by atoms with Crippen LogP contribution < -0.4 is 4.74 Å². The summed E-state index contributed by atoms with van der Waals surface area (Å²) >= 11 is 5.89. The summed E-state index contributed by atoms with van der Waals surface area (Å²) in [6.45, 7) is 1.09. The zero-order chi connectivity index (χ0) is 23.3. The largest absolute Gasteiger partial charge is 0.511 e. The Morgan fingerprint density at radius 2 is 1.97 bits per heavy atom. The summed E-state index contributed by atoms with van der Waals surface area (Å²) in [4.78, 5) is 37.7. The zero-order valence-electron chi connectivity index (χ0n) is 15.9. The molecule has 0 saturated heterocycles. The third kappa shape index (κ3) is 6.64. The number of esters is 1. The summed E-state index contributed by atoms with van der Waals surface area (Å²) in [6.07, 6.45) is -9.12. The highest BCUT2D eigenvalue weighted by atomic mass is 35.5. The lowest BCUT2D eigenvalue weighted by atomic mass is 9.99. The monoisotopic (exact) mass is 469 g/mol. The first-order valence-corrected chi connectivity index (χ1v) is 8.79. The van der Waals surface area contributed by atoms with Gasteiger partial charge in [-0.3, -0.25) is 0 Å². The topological polar surface area (TPSA) is 123 Å². The molecular weight excluding hydrogens is 455 g/mol. The number of carbonyl (C=O) groups excluding carboxylic acids is 2. The van der Waals surface area contributed by atoms with E-state index in [0.717, 1.165) is 6.08 Å². The Balaban J connectivity index is 2.02. The van der Waals surface area contributed by atoms with Gasteiger partial charge in [0.15, 0.2) is 0 Å². The maximum atomic E-state index is 13.4. The number of alkyl halides is 3. The van der Waals surface area contributed by atoms with Gasteiger partial charge in [-0.15, -0.1) is 10.1 Å².